The van der Waals surface area contributed by atoms with Crippen molar-refractivity contribution in [3.63, 3.8) is 0 Å². The van der Waals surface area contributed by atoms with Gasteiger partial charge >= 0.3 is 0 Å². The van der Waals surface area contributed by atoms with E-state index in [1.165, 1.54) is 5.56 Å². The summed E-state index contributed by atoms with van der Waals surface area (Å²) in [4.78, 5) is 17.7. The molecule has 0 amide bonds. The smallest absolute Gasteiger partial charge is 0.253 e. The van der Waals surface area contributed by atoms with Crippen molar-refractivity contribution in [3.8, 4) is 0 Å². The fourth-order valence-electron chi connectivity index (χ4n) is 3.35. The lowest BCUT2D eigenvalue weighted by molar-refractivity contribution is 0.0896. The lowest BCUT2D eigenvalue weighted by Gasteiger charge is -2.28. The van der Waals surface area contributed by atoms with Crippen molar-refractivity contribution in [3.05, 3.63) is 45.7 Å². The molecule has 0 bridgehead atoms. The molecule has 1 aromatic heterocycles. The van der Waals surface area contributed by atoms with Crippen molar-refractivity contribution in [2.75, 3.05) is 19.7 Å². The number of aryl methyl sites for hydroxylation is 1. The van der Waals surface area contributed by atoms with Gasteiger partial charge in [-0.3, -0.25) is 4.79 Å². The van der Waals surface area contributed by atoms with E-state index in [1.54, 1.807) is 0 Å². The van der Waals surface area contributed by atoms with Crippen molar-refractivity contribution >= 4 is 28.2 Å². The first-order valence-corrected chi connectivity index (χ1v) is 10.1. The number of ether oxygens (including phenoxy) is 1. The first kappa shape index (κ1) is 19.8. The minimum Gasteiger partial charge on any atom is -0.376 e. The van der Waals surface area contributed by atoms with Gasteiger partial charge in [0.05, 0.1) is 12.6 Å². The Morgan fingerprint density at radius 1 is 1.41 bits per heavy atom. The maximum Gasteiger partial charge on any atom is 0.253 e. The highest BCUT2D eigenvalue weighted by Gasteiger charge is 2.22. The molecule has 2 heterocycles. The summed E-state index contributed by atoms with van der Waals surface area (Å²) < 4.78 is 5.80. The summed E-state index contributed by atoms with van der Waals surface area (Å²) in [5, 5.41) is 5.06. The molecule has 1 aliphatic rings. The van der Waals surface area contributed by atoms with Crippen LogP contribution in [0.5, 0.6) is 0 Å². The second-order valence-electron chi connectivity index (χ2n) is 7.81. The minimum absolute atomic E-state index is 0.0599. The zero-order chi connectivity index (χ0) is 19.4. The number of hydrogen-bond donors (Lipinski definition) is 2. The Morgan fingerprint density at radius 3 is 2.93 bits per heavy atom. The van der Waals surface area contributed by atoms with Gasteiger partial charge in [0.25, 0.3) is 5.56 Å². The van der Waals surface area contributed by atoms with Crippen LogP contribution in [0.1, 0.15) is 37.8 Å². The van der Waals surface area contributed by atoms with Crippen LogP contribution in [-0.4, -0.2) is 40.8 Å². The average Bonchev–Trinajstić information content (AvgIpc) is 3.13. The van der Waals surface area contributed by atoms with E-state index in [0.717, 1.165) is 42.5 Å². The Labute approximate surface area is 166 Å². The SMILES string of the molecule is Cc1ccc2[nH]c(=O)c(CN(C[C@H]3CCCO3)C(=S)NCC(C)C)cc2c1. The molecule has 0 spiro atoms. The molecule has 146 valence electrons. The molecule has 0 aliphatic carbocycles. The fraction of sp³-hybridized carbons (Fsp3) is 0.524. The molecule has 5 nitrogen and oxygen atoms in total. The summed E-state index contributed by atoms with van der Waals surface area (Å²) in [7, 11) is 0. The van der Waals surface area contributed by atoms with Crippen molar-refractivity contribution in [2.45, 2.75) is 46.3 Å². The molecule has 1 aromatic carbocycles. The average molecular weight is 388 g/mol. The Hall–Kier alpha value is -1.92. The van der Waals surface area contributed by atoms with Gasteiger partial charge < -0.3 is 19.9 Å². The molecule has 0 unspecified atom stereocenters. The van der Waals surface area contributed by atoms with E-state index in [1.807, 2.05) is 18.2 Å². The van der Waals surface area contributed by atoms with Gasteiger partial charge in [-0.1, -0.05) is 25.5 Å². The lowest BCUT2D eigenvalue weighted by Crippen LogP contribution is -2.44. The largest absolute Gasteiger partial charge is 0.376 e. The van der Waals surface area contributed by atoms with Crippen LogP contribution in [0.25, 0.3) is 10.9 Å². The first-order valence-electron chi connectivity index (χ1n) is 9.69. The number of pyridine rings is 1. The van der Waals surface area contributed by atoms with E-state index in [9.17, 15) is 4.79 Å². The maximum atomic E-state index is 12.6. The second kappa shape index (κ2) is 8.85. The van der Waals surface area contributed by atoms with Crippen LogP contribution in [0.2, 0.25) is 0 Å². The molecule has 1 atom stereocenters. The molecular formula is C21H29N3O2S. The van der Waals surface area contributed by atoms with Crippen molar-refractivity contribution in [1.29, 1.82) is 0 Å². The zero-order valence-electron chi connectivity index (χ0n) is 16.4. The fourth-order valence-corrected chi connectivity index (χ4v) is 3.57. The van der Waals surface area contributed by atoms with Crippen LogP contribution in [0.4, 0.5) is 0 Å². The quantitative estimate of drug-likeness (QED) is 0.745. The van der Waals surface area contributed by atoms with Crippen LogP contribution >= 0.6 is 12.2 Å². The van der Waals surface area contributed by atoms with E-state index in [4.69, 9.17) is 17.0 Å². The minimum atomic E-state index is -0.0599. The zero-order valence-corrected chi connectivity index (χ0v) is 17.2. The lowest BCUT2D eigenvalue weighted by atomic mass is 10.1. The van der Waals surface area contributed by atoms with E-state index in [2.05, 4.69) is 42.0 Å². The van der Waals surface area contributed by atoms with E-state index >= 15 is 0 Å². The van der Waals surface area contributed by atoms with Gasteiger partial charge in [-0.25, -0.2) is 0 Å². The van der Waals surface area contributed by atoms with Crippen molar-refractivity contribution in [1.82, 2.24) is 15.2 Å². The summed E-state index contributed by atoms with van der Waals surface area (Å²) in [6.07, 6.45) is 2.29. The number of fused-ring (bicyclic) bond motifs is 1. The summed E-state index contributed by atoms with van der Waals surface area (Å²) in [5.74, 6) is 0.500. The summed E-state index contributed by atoms with van der Waals surface area (Å²) in [6.45, 7) is 9.15. The van der Waals surface area contributed by atoms with Gasteiger partial charge in [-0.05, 0) is 61.5 Å². The van der Waals surface area contributed by atoms with Crippen LogP contribution in [0.3, 0.4) is 0 Å². The highest BCUT2D eigenvalue weighted by molar-refractivity contribution is 7.80. The molecule has 6 heteroatoms. The molecule has 1 fully saturated rings. The highest BCUT2D eigenvalue weighted by atomic mass is 32.1. The Morgan fingerprint density at radius 2 is 2.22 bits per heavy atom. The molecule has 27 heavy (non-hydrogen) atoms. The molecule has 0 radical (unpaired) electrons. The topological polar surface area (TPSA) is 57.4 Å². The maximum absolute atomic E-state index is 12.6. The summed E-state index contributed by atoms with van der Waals surface area (Å²) in [6, 6.07) is 8.03. The summed E-state index contributed by atoms with van der Waals surface area (Å²) >= 11 is 5.63. The number of nitrogens with zero attached hydrogens (tertiary/aromatic N) is 1. The van der Waals surface area contributed by atoms with Gasteiger partial charge in [-0.2, -0.15) is 0 Å². The number of H-pyrrole nitrogens is 1. The van der Waals surface area contributed by atoms with Gasteiger partial charge in [0.1, 0.15) is 0 Å². The molecule has 2 N–H and O–H groups in total. The van der Waals surface area contributed by atoms with E-state index in [-0.39, 0.29) is 11.7 Å². The van der Waals surface area contributed by atoms with Crippen molar-refractivity contribution < 1.29 is 4.74 Å². The van der Waals surface area contributed by atoms with Gasteiger partial charge in [-0.15, -0.1) is 0 Å². The molecule has 2 aromatic rings. The molecule has 1 saturated heterocycles. The number of rotatable bonds is 6. The third kappa shape index (κ3) is 5.30. The molecule has 0 saturated carbocycles. The van der Waals surface area contributed by atoms with E-state index < -0.39 is 0 Å². The normalized spacial score (nSPS) is 16.8. The first-order chi connectivity index (χ1) is 12.9. The number of thiocarbonyl (C=S) groups is 1. The number of aromatic nitrogens is 1. The number of benzene rings is 1. The Bertz CT molecular complexity index is 856. The predicted molar refractivity (Wildman–Crippen MR) is 114 cm³/mol. The van der Waals surface area contributed by atoms with Crippen LogP contribution in [0, 0.1) is 12.8 Å². The molecular weight excluding hydrogens is 358 g/mol. The second-order valence-corrected chi connectivity index (χ2v) is 8.20. The predicted octanol–water partition coefficient (Wildman–Crippen LogP) is 3.35. The molecule has 3 rings (SSSR count). The van der Waals surface area contributed by atoms with Gasteiger partial charge in [0, 0.05) is 30.8 Å². The Kier molecular flexibility index (Phi) is 6.50. The van der Waals surface area contributed by atoms with Gasteiger partial charge in [0.15, 0.2) is 5.11 Å². The molecule has 1 aliphatic heterocycles. The number of aromatic amines is 1. The van der Waals surface area contributed by atoms with Gasteiger partial charge in [0.2, 0.25) is 0 Å². The summed E-state index contributed by atoms with van der Waals surface area (Å²) in [5.41, 5.74) is 2.70. The number of hydrogen-bond acceptors (Lipinski definition) is 3. The van der Waals surface area contributed by atoms with Crippen LogP contribution < -0.4 is 10.9 Å². The number of nitrogens with one attached hydrogen (secondary N) is 2. The third-order valence-electron chi connectivity index (χ3n) is 4.83. The standard InChI is InChI=1S/C21H29N3O2S/c1-14(2)11-22-21(27)24(13-18-5-4-8-26-18)12-17-10-16-9-15(3)6-7-19(16)23-20(17)25/h6-7,9-10,14,18H,4-5,8,11-13H2,1-3H3,(H,22,27)(H,23,25)/t18-/m1/s1. The Balaban J connectivity index is 1.83. The highest BCUT2D eigenvalue weighted by Crippen LogP contribution is 2.17. The van der Waals surface area contributed by atoms with E-state index in [0.29, 0.717) is 24.1 Å². The monoisotopic (exact) mass is 387 g/mol. The van der Waals surface area contributed by atoms with Crippen molar-refractivity contribution in [2.24, 2.45) is 5.92 Å². The van der Waals surface area contributed by atoms with Crippen LogP contribution in [-0.2, 0) is 11.3 Å². The van der Waals surface area contributed by atoms with Crippen LogP contribution in [0.15, 0.2) is 29.1 Å². The third-order valence-corrected chi connectivity index (χ3v) is 5.24.